The van der Waals surface area contributed by atoms with E-state index in [1.165, 1.54) is 29.2 Å². The Morgan fingerprint density at radius 3 is 2.46 bits per heavy atom. The van der Waals surface area contributed by atoms with Gasteiger partial charge in [0.25, 0.3) is 0 Å². The zero-order chi connectivity index (χ0) is 18.0. The van der Waals surface area contributed by atoms with Crippen LogP contribution in [0.1, 0.15) is 18.4 Å². The Kier molecular flexibility index (Phi) is 5.49. The second-order valence-corrected chi connectivity index (χ2v) is 6.21. The molecule has 1 aromatic carbocycles. The van der Waals surface area contributed by atoms with Crippen LogP contribution < -0.4 is 0 Å². The minimum absolute atomic E-state index is 0.0748. The quantitative estimate of drug-likeness (QED) is 0.802. The molecule has 24 heavy (non-hydrogen) atoms. The first-order chi connectivity index (χ1) is 11.1. The van der Waals surface area contributed by atoms with Crippen LogP contribution in [0, 0.1) is 11.2 Å². The van der Waals surface area contributed by atoms with E-state index in [4.69, 9.17) is 0 Å². The highest BCUT2D eigenvalue weighted by atomic mass is 19.4. The monoisotopic (exact) mass is 349 g/mol. The molecule has 1 aliphatic heterocycles. The number of hydrogen-bond acceptors (Lipinski definition) is 3. The summed E-state index contributed by atoms with van der Waals surface area (Å²) in [5.74, 6) is -1.74. The number of carboxylic acids is 1. The molecule has 1 fully saturated rings. The summed E-state index contributed by atoms with van der Waals surface area (Å²) in [4.78, 5) is 13.2. The van der Waals surface area contributed by atoms with Gasteiger partial charge in [0.1, 0.15) is 11.2 Å². The summed E-state index contributed by atoms with van der Waals surface area (Å²) in [6.45, 7) is -0.290. The first-order valence-corrected chi connectivity index (χ1v) is 7.57. The summed E-state index contributed by atoms with van der Waals surface area (Å²) < 4.78 is 50.2. The third-order valence-corrected chi connectivity index (χ3v) is 4.43. The molecule has 0 aromatic heterocycles. The van der Waals surface area contributed by atoms with E-state index in [9.17, 15) is 32.6 Å². The number of aliphatic hydroxyl groups is 1. The average molecular weight is 349 g/mol. The number of aliphatic carboxylic acids is 1. The van der Waals surface area contributed by atoms with E-state index >= 15 is 0 Å². The number of carbonyl (C=O) groups is 1. The zero-order valence-electron chi connectivity index (χ0n) is 12.9. The maximum atomic E-state index is 13.0. The van der Waals surface area contributed by atoms with Crippen molar-refractivity contribution in [1.82, 2.24) is 4.90 Å². The second-order valence-electron chi connectivity index (χ2n) is 6.21. The average Bonchev–Trinajstić information content (AvgIpc) is 2.49. The van der Waals surface area contributed by atoms with E-state index in [0.717, 1.165) is 0 Å². The number of piperidine rings is 1. The Balaban J connectivity index is 2.18. The van der Waals surface area contributed by atoms with Crippen molar-refractivity contribution in [1.29, 1.82) is 0 Å². The van der Waals surface area contributed by atoms with Gasteiger partial charge in [-0.15, -0.1) is 0 Å². The Labute approximate surface area is 136 Å². The largest absolute Gasteiger partial charge is 0.481 e. The second kappa shape index (κ2) is 7.06. The van der Waals surface area contributed by atoms with Crippen molar-refractivity contribution in [3.8, 4) is 0 Å². The fraction of sp³-hybridized carbons (Fsp3) is 0.562. The van der Waals surface area contributed by atoms with Crippen LogP contribution in [0.5, 0.6) is 0 Å². The van der Waals surface area contributed by atoms with Crippen LogP contribution in [0.15, 0.2) is 24.3 Å². The van der Waals surface area contributed by atoms with Gasteiger partial charge >= 0.3 is 12.1 Å². The van der Waals surface area contributed by atoms with Gasteiger partial charge in [-0.2, -0.15) is 13.2 Å². The topological polar surface area (TPSA) is 60.8 Å². The molecular formula is C16H19F4NO3. The van der Waals surface area contributed by atoms with E-state index in [-0.39, 0.29) is 32.5 Å². The summed E-state index contributed by atoms with van der Waals surface area (Å²) >= 11 is 0. The normalized spacial score (nSPS) is 25.6. The molecule has 8 heteroatoms. The molecular weight excluding hydrogens is 330 g/mol. The molecule has 1 aliphatic rings. The molecule has 1 heterocycles. The fourth-order valence-corrected chi connectivity index (χ4v) is 3.07. The molecule has 2 atom stereocenters. The zero-order valence-corrected chi connectivity index (χ0v) is 12.9. The number of likely N-dealkylation sites (tertiary alicyclic amines) is 1. The fourth-order valence-electron chi connectivity index (χ4n) is 3.07. The van der Waals surface area contributed by atoms with E-state index in [1.807, 2.05) is 0 Å². The number of halogens is 4. The third kappa shape index (κ3) is 4.45. The number of alkyl halides is 3. The van der Waals surface area contributed by atoms with Crippen molar-refractivity contribution in [3.05, 3.63) is 35.6 Å². The Morgan fingerprint density at radius 2 is 1.92 bits per heavy atom. The van der Waals surface area contributed by atoms with E-state index in [1.54, 1.807) is 0 Å². The van der Waals surface area contributed by atoms with Crippen LogP contribution in [0.4, 0.5) is 17.6 Å². The summed E-state index contributed by atoms with van der Waals surface area (Å²) in [5.41, 5.74) is -1.10. The summed E-state index contributed by atoms with van der Waals surface area (Å²) in [7, 11) is 0. The van der Waals surface area contributed by atoms with Crippen LogP contribution in [-0.4, -0.2) is 53.0 Å². The highest BCUT2D eigenvalue weighted by molar-refractivity contribution is 5.76. The molecule has 0 bridgehead atoms. The standard InChI is InChI=1S/C16H19F4NO3/c17-12-3-1-11(2-4-12)9-15(14(23)24)10-21(7-5-13(15)22)8-6-16(18,19)20/h1-4,13,22H,5-10H2,(H,23,24)/t13-,15+/m0/s1. The number of carboxylic acid groups (broad SMARTS) is 1. The van der Waals surface area contributed by atoms with Gasteiger partial charge in [-0.3, -0.25) is 4.79 Å². The van der Waals surface area contributed by atoms with Crippen LogP contribution in [0.25, 0.3) is 0 Å². The van der Waals surface area contributed by atoms with Crippen LogP contribution in [-0.2, 0) is 11.2 Å². The molecule has 0 amide bonds. The minimum atomic E-state index is -4.32. The maximum Gasteiger partial charge on any atom is 0.390 e. The van der Waals surface area contributed by atoms with Gasteiger partial charge in [0.15, 0.2) is 0 Å². The highest BCUT2D eigenvalue weighted by Crippen LogP contribution is 2.35. The Bertz CT molecular complexity index is 576. The summed E-state index contributed by atoms with van der Waals surface area (Å²) in [5, 5.41) is 19.9. The molecule has 1 aromatic rings. The number of nitrogens with zero attached hydrogens (tertiary/aromatic N) is 1. The van der Waals surface area contributed by atoms with Gasteiger partial charge in [0, 0.05) is 19.6 Å². The molecule has 0 unspecified atom stereocenters. The van der Waals surface area contributed by atoms with Crippen molar-refractivity contribution in [2.45, 2.75) is 31.5 Å². The number of aliphatic hydroxyl groups excluding tert-OH is 1. The highest BCUT2D eigenvalue weighted by Gasteiger charge is 2.49. The lowest BCUT2D eigenvalue weighted by Gasteiger charge is -2.43. The van der Waals surface area contributed by atoms with Gasteiger partial charge in [-0.25, -0.2) is 4.39 Å². The molecule has 2 rings (SSSR count). The van der Waals surface area contributed by atoms with E-state index < -0.39 is 35.9 Å². The number of rotatable bonds is 5. The van der Waals surface area contributed by atoms with Gasteiger partial charge in [-0.05, 0) is 30.5 Å². The number of benzene rings is 1. The summed E-state index contributed by atoms with van der Waals surface area (Å²) in [6, 6.07) is 5.20. The number of hydrogen-bond donors (Lipinski definition) is 2. The lowest BCUT2D eigenvalue weighted by Crippen LogP contribution is -2.57. The first-order valence-electron chi connectivity index (χ1n) is 7.57. The molecule has 0 radical (unpaired) electrons. The molecule has 0 saturated carbocycles. The van der Waals surface area contributed by atoms with Crippen LogP contribution in [0.2, 0.25) is 0 Å². The van der Waals surface area contributed by atoms with E-state index in [0.29, 0.717) is 5.56 Å². The lowest BCUT2D eigenvalue weighted by atomic mass is 9.73. The van der Waals surface area contributed by atoms with Crippen molar-refractivity contribution in [3.63, 3.8) is 0 Å². The lowest BCUT2D eigenvalue weighted by molar-refractivity contribution is -0.165. The maximum absolute atomic E-state index is 13.0. The molecule has 2 N–H and O–H groups in total. The van der Waals surface area contributed by atoms with Crippen molar-refractivity contribution < 1.29 is 32.6 Å². The van der Waals surface area contributed by atoms with Crippen molar-refractivity contribution >= 4 is 5.97 Å². The predicted molar refractivity (Wildman–Crippen MR) is 77.9 cm³/mol. The van der Waals surface area contributed by atoms with Crippen LogP contribution in [0.3, 0.4) is 0 Å². The Morgan fingerprint density at radius 1 is 1.29 bits per heavy atom. The van der Waals surface area contributed by atoms with Gasteiger partial charge < -0.3 is 15.1 Å². The molecule has 0 spiro atoms. The minimum Gasteiger partial charge on any atom is -0.481 e. The van der Waals surface area contributed by atoms with Crippen molar-refractivity contribution in [2.24, 2.45) is 5.41 Å². The van der Waals surface area contributed by atoms with Gasteiger partial charge in [-0.1, -0.05) is 12.1 Å². The smallest absolute Gasteiger partial charge is 0.390 e. The summed E-state index contributed by atoms with van der Waals surface area (Å²) in [6.07, 6.45) is -6.53. The molecule has 4 nitrogen and oxygen atoms in total. The molecule has 0 aliphatic carbocycles. The van der Waals surface area contributed by atoms with E-state index in [2.05, 4.69) is 0 Å². The van der Waals surface area contributed by atoms with Crippen molar-refractivity contribution in [2.75, 3.05) is 19.6 Å². The first kappa shape index (κ1) is 18.7. The molecule has 134 valence electrons. The van der Waals surface area contributed by atoms with Crippen LogP contribution >= 0.6 is 0 Å². The Hall–Kier alpha value is -1.67. The third-order valence-electron chi connectivity index (χ3n) is 4.43. The molecule has 1 saturated heterocycles. The SMILES string of the molecule is O=C(O)[C@]1(Cc2ccc(F)cc2)CN(CCC(F)(F)F)CC[C@@H]1O. The van der Waals surface area contributed by atoms with Gasteiger partial charge in [0.05, 0.1) is 12.5 Å². The van der Waals surface area contributed by atoms with Gasteiger partial charge in [0.2, 0.25) is 0 Å². The predicted octanol–water partition coefficient (Wildman–Crippen LogP) is 2.46.